The molecule has 2 aromatic carbocycles. The summed E-state index contributed by atoms with van der Waals surface area (Å²) in [5.74, 6) is 0.513. The molecule has 0 N–H and O–H groups in total. The Labute approximate surface area is 167 Å². The average molecular weight is 398 g/mol. The molecule has 0 aliphatic carbocycles. The number of fused-ring (bicyclic) bond motifs is 1. The minimum atomic E-state index is -0.819. The Morgan fingerprint density at radius 1 is 1.10 bits per heavy atom. The molecule has 1 heterocycles. The van der Waals surface area contributed by atoms with Crippen molar-refractivity contribution in [3.05, 3.63) is 64.5 Å². The van der Waals surface area contributed by atoms with E-state index in [-0.39, 0.29) is 17.8 Å². The minimum absolute atomic E-state index is 0.0897. The van der Waals surface area contributed by atoms with Crippen LogP contribution in [-0.2, 0) is 14.3 Å². The summed E-state index contributed by atoms with van der Waals surface area (Å²) in [6.07, 6.45) is 0.444. The third-order valence-electron chi connectivity index (χ3n) is 4.11. The number of rotatable bonds is 8. The molecule has 1 aromatic heterocycles. The van der Waals surface area contributed by atoms with Crippen LogP contribution >= 0.6 is 0 Å². The van der Waals surface area contributed by atoms with Crippen LogP contribution in [0, 0.1) is 6.92 Å². The van der Waals surface area contributed by atoms with Crippen molar-refractivity contribution in [3.63, 3.8) is 0 Å². The summed E-state index contributed by atoms with van der Waals surface area (Å²) in [6, 6.07) is 12.1. The van der Waals surface area contributed by atoms with Crippen LogP contribution in [0.1, 0.15) is 12.5 Å². The monoisotopic (exact) mass is 398 g/mol. The Balaban J connectivity index is 1.75. The number of esters is 1. The van der Waals surface area contributed by atoms with Crippen molar-refractivity contribution in [2.24, 2.45) is 0 Å². The minimum Gasteiger partial charge on any atom is -0.479 e. The van der Waals surface area contributed by atoms with Crippen LogP contribution in [0.3, 0.4) is 0 Å². The molecule has 0 aliphatic rings. The van der Waals surface area contributed by atoms with Crippen LogP contribution in [-0.4, -0.2) is 32.4 Å². The van der Waals surface area contributed by atoms with Crippen LogP contribution < -0.4 is 14.9 Å². The highest BCUT2D eigenvalue weighted by molar-refractivity contribution is 5.79. The number of benzene rings is 2. The molecule has 7 heteroatoms. The fraction of sp³-hybridized carbons (Fsp3) is 0.273. The lowest BCUT2D eigenvalue weighted by Crippen LogP contribution is -2.27. The first-order valence-corrected chi connectivity index (χ1v) is 9.10. The van der Waals surface area contributed by atoms with Gasteiger partial charge >= 0.3 is 5.97 Å². The first-order valence-electron chi connectivity index (χ1n) is 9.10. The Morgan fingerprint density at radius 3 is 2.69 bits per heavy atom. The van der Waals surface area contributed by atoms with Crippen molar-refractivity contribution in [1.82, 2.24) is 0 Å². The molecular formula is C22H22O7. The van der Waals surface area contributed by atoms with Crippen molar-refractivity contribution < 1.29 is 28.2 Å². The summed E-state index contributed by atoms with van der Waals surface area (Å²) >= 11 is 0. The number of aryl methyl sites for hydroxylation is 1. The molecule has 0 amide bonds. The van der Waals surface area contributed by atoms with Crippen LogP contribution in [0.4, 0.5) is 0 Å². The van der Waals surface area contributed by atoms with Gasteiger partial charge in [-0.1, -0.05) is 12.1 Å². The summed E-state index contributed by atoms with van der Waals surface area (Å²) in [7, 11) is 1.52. The molecule has 0 saturated heterocycles. The van der Waals surface area contributed by atoms with E-state index in [0.717, 1.165) is 5.56 Å². The standard InChI is InChI=1S/C22H22O7/c1-14-5-4-6-16(11-14)29-20-13-27-19-12-17(7-8-18(19)21(20)23)28-15(2)22(24)26-10-9-25-3/h4-8,11-13,15H,9-10H2,1-3H3/t15-/m1/s1. The van der Waals surface area contributed by atoms with Gasteiger partial charge in [0, 0.05) is 13.2 Å². The number of hydrogen-bond acceptors (Lipinski definition) is 7. The van der Waals surface area contributed by atoms with Crippen molar-refractivity contribution >= 4 is 16.9 Å². The van der Waals surface area contributed by atoms with Crippen LogP contribution in [0.2, 0.25) is 0 Å². The second-order valence-corrected chi connectivity index (χ2v) is 6.43. The van der Waals surface area contributed by atoms with E-state index in [1.54, 1.807) is 31.2 Å². The summed E-state index contributed by atoms with van der Waals surface area (Å²) in [6.45, 7) is 3.98. The maximum absolute atomic E-state index is 12.7. The third kappa shape index (κ3) is 5.14. The van der Waals surface area contributed by atoms with Gasteiger partial charge < -0.3 is 23.4 Å². The van der Waals surface area contributed by atoms with Gasteiger partial charge in [-0.05, 0) is 43.7 Å². The number of ether oxygens (including phenoxy) is 4. The van der Waals surface area contributed by atoms with Crippen molar-refractivity contribution in [2.75, 3.05) is 20.3 Å². The molecular weight excluding hydrogens is 376 g/mol. The SMILES string of the molecule is COCCOC(=O)[C@@H](C)Oc1ccc2c(=O)c(Oc3cccc(C)c3)coc2c1. The lowest BCUT2D eigenvalue weighted by atomic mass is 10.2. The Kier molecular flexibility index (Phi) is 6.51. The topological polar surface area (TPSA) is 84.2 Å². The fourth-order valence-electron chi connectivity index (χ4n) is 2.64. The summed E-state index contributed by atoms with van der Waals surface area (Å²) in [5, 5.41) is 0.345. The van der Waals surface area contributed by atoms with E-state index in [9.17, 15) is 9.59 Å². The van der Waals surface area contributed by atoms with Crippen molar-refractivity contribution in [3.8, 4) is 17.2 Å². The third-order valence-corrected chi connectivity index (χ3v) is 4.11. The molecule has 0 unspecified atom stereocenters. The highest BCUT2D eigenvalue weighted by atomic mass is 16.6. The molecule has 0 radical (unpaired) electrons. The van der Waals surface area contributed by atoms with Gasteiger partial charge in [0.2, 0.25) is 11.2 Å². The van der Waals surface area contributed by atoms with Crippen molar-refractivity contribution in [2.45, 2.75) is 20.0 Å². The van der Waals surface area contributed by atoms with Gasteiger partial charge in [0.15, 0.2) is 6.10 Å². The second-order valence-electron chi connectivity index (χ2n) is 6.43. The maximum atomic E-state index is 12.7. The summed E-state index contributed by atoms with van der Waals surface area (Å²) in [4.78, 5) is 24.6. The summed E-state index contributed by atoms with van der Waals surface area (Å²) < 4.78 is 26.7. The highest BCUT2D eigenvalue weighted by Crippen LogP contribution is 2.25. The Morgan fingerprint density at radius 2 is 1.93 bits per heavy atom. The van der Waals surface area contributed by atoms with Gasteiger partial charge in [0.05, 0.1) is 12.0 Å². The van der Waals surface area contributed by atoms with E-state index in [0.29, 0.717) is 29.1 Å². The number of methoxy groups -OCH3 is 1. The first kappa shape index (κ1) is 20.4. The molecule has 0 aliphatic heterocycles. The smallest absolute Gasteiger partial charge is 0.347 e. The predicted octanol–water partition coefficient (Wildman–Crippen LogP) is 3.85. The molecule has 152 valence electrons. The molecule has 7 nitrogen and oxygen atoms in total. The van der Waals surface area contributed by atoms with Crippen LogP contribution in [0.25, 0.3) is 11.0 Å². The molecule has 3 aromatic rings. The predicted molar refractivity (Wildman–Crippen MR) is 107 cm³/mol. The average Bonchev–Trinajstić information content (AvgIpc) is 2.70. The van der Waals surface area contributed by atoms with Gasteiger partial charge in [-0.2, -0.15) is 0 Å². The largest absolute Gasteiger partial charge is 0.479 e. The fourth-order valence-corrected chi connectivity index (χ4v) is 2.64. The molecule has 0 bridgehead atoms. The van der Waals surface area contributed by atoms with Gasteiger partial charge in [0.25, 0.3) is 0 Å². The number of hydrogen-bond donors (Lipinski definition) is 0. The van der Waals surface area contributed by atoms with Gasteiger partial charge in [-0.3, -0.25) is 4.79 Å². The zero-order valence-electron chi connectivity index (χ0n) is 16.5. The molecule has 0 fully saturated rings. The highest BCUT2D eigenvalue weighted by Gasteiger charge is 2.17. The van der Waals surface area contributed by atoms with E-state index < -0.39 is 12.1 Å². The quantitative estimate of drug-likeness (QED) is 0.421. The van der Waals surface area contributed by atoms with E-state index in [2.05, 4.69) is 0 Å². The molecule has 0 saturated carbocycles. The number of carbonyl (C=O) groups excluding carboxylic acids is 1. The van der Waals surface area contributed by atoms with E-state index in [1.165, 1.54) is 13.4 Å². The summed E-state index contributed by atoms with van der Waals surface area (Å²) in [5.41, 5.74) is 1.04. The zero-order chi connectivity index (χ0) is 20.8. The van der Waals surface area contributed by atoms with E-state index in [1.807, 2.05) is 25.1 Å². The first-order chi connectivity index (χ1) is 14.0. The van der Waals surface area contributed by atoms with E-state index in [4.69, 9.17) is 23.4 Å². The van der Waals surface area contributed by atoms with Crippen LogP contribution in [0.5, 0.6) is 17.2 Å². The second kappa shape index (κ2) is 9.25. The Hall–Kier alpha value is -3.32. The zero-order valence-corrected chi connectivity index (χ0v) is 16.5. The van der Waals surface area contributed by atoms with Gasteiger partial charge in [-0.15, -0.1) is 0 Å². The van der Waals surface area contributed by atoms with Gasteiger partial charge in [-0.25, -0.2) is 4.79 Å². The molecule has 0 spiro atoms. The van der Waals surface area contributed by atoms with Crippen molar-refractivity contribution in [1.29, 1.82) is 0 Å². The lowest BCUT2D eigenvalue weighted by molar-refractivity contribution is -0.152. The molecule has 1 atom stereocenters. The molecule has 29 heavy (non-hydrogen) atoms. The van der Waals surface area contributed by atoms with Crippen LogP contribution in [0.15, 0.2) is 57.9 Å². The van der Waals surface area contributed by atoms with E-state index >= 15 is 0 Å². The molecule has 3 rings (SSSR count). The maximum Gasteiger partial charge on any atom is 0.347 e. The Bertz CT molecular complexity index is 1050. The van der Waals surface area contributed by atoms with Gasteiger partial charge in [0.1, 0.15) is 30.0 Å². The number of carbonyl (C=O) groups is 1. The normalized spacial score (nSPS) is 11.8. The lowest BCUT2D eigenvalue weighted by Gasteiger charge is -2.14.